The van der Waals surface area contributed by atoms with Gasteiger partial charge in [0.1, 0.15) is 13.2 Å². The first-order chi connectivity index (χ1) is 11.4. The summed E-state index contributed by atoms with van der Waals surface area (Å²) in [5, 5.41) is 7.20. The van der Waals surface area contributed by atoms with Crippen LogP contribution in [0.4, 0.5) is 0 Å². The largest absolute Gasteiger partial charge is 0.487 e. The van der Waals surface area contributed by atoms with Gasteiger partial charge < -0.3 is 14.2 Å². The molecule has 0 atom stereocenters. The van der Waals surface area contributed by atoms with Crippen LogP contribution in [-0.4, -0.2) is 26.4 Å². The van der Waals surface area contributed by atoms with E-state index in [0.29, 0.717) is 26.4 Å². The molecule has 114 valence electrons. The molecule has 3 heteroatoms. The first kappa shape index (κ1) is 13.0. The molecule has 0 bridgehead atoms. The molecule has 0 fully saturated rings. The minimum absolute atomic E-state index is 0.538. The Morgan fingerprint density at radius 1 is 0.565 bits per heavy atom. The summed E-state index contributed by atoms with van der Waals surface area (Å²) in [6.45, 7) is 2.25. The van der Waals surface area contributed by atoms with E-state index in [2.05, 4.69) is 48.5 Å². The van der Waals surface area contributed by atoms with E-state index in [1.165, 1.54) is 21.5 Å². The van der Waals surface area contributed by atoms with Crippen molar-refractivity contribution in [2.24, 2.45) is 0 Å². The second-order valence-electron chi connectivity index (χ2n) is 5.84. The number of hydrogen-bond donors (Lipinski definition) is 0. The van der Waals surface area contributed by atoms with Crippen molar-refractivity contribution in [2.45, 2.75) is 0 Å². The fraction of sp³-hybridized carbons (Fsp3) is 0.200. The Labute approximate surface area is 133 Å². The van der Waals surface area contributed by atoms with Crippen molar-refractivity contribution in [1.29, 1.82) is 0 Å². The van der Waals surface area contributed by atoms with Crippen LogP contribution in [0.25, 0.3) is 32.3 Å². The van der Waals surface area contributed by atoms with Crippen LogP contribution in [0.15, 0.2) is 48.5 Å². The smallest absolute Gasteiger partial charge is 0.169 e. The van der Waals surface area contributed by atoms with Crippen LogP contribution in [0.5, 0.6) is 11.5 Å². The van der Waals surface area contributed by atoms with Crippen molar-refractivity contribution in [3.63, 3.8) is 0 Å². The van der Waals surface area contributed by atoms with Crippen molar-refractivity contribution in [1.82, 2.24) is 0 Å². The molecule has 0 saturated heterocycles. The van der Waals surface area contributed by atoms with E-state index in [1.54, 1.807) is 0 Å². The monoisotopic (exact) mass is 304 g/mol. The van der Waals surface area contributed by atoms with Crippen LogP contribution < -0.4 is 9.47 Å². The summed E-state index contributed by atoms with van der Waals surface area (Å²) in [6.07, 6.45) is 0. The highest BCUT2D eigenvalue weighted by Crippen LogP contribution is 2.47. The van der Waals surface area contributed by atoms with E-state index in [4.69, 9.17) is 14.2 Å². The van der Waals surface area contributed by atoms with Gasteiger partial charge in [-0.3, -0.25) is 0 Å². The maximum atomic E-state index is 6.07. The van der Waals surface area contributed by atoms with Gasteiger partial charge in [0.2, 0.25) is 0 Å². The lowest BCUT2D eigenvalue weighted by molar-refractivity contribution is 0.0880. The molecule has 0 N–H and O–H groups in total. The SMILES string of the molecule is c1cc2ccc3cccc4c5c(c(c1)c2c34)OCCOCCO5. The summed E-state index contributed by atoms with van der Waals surface area (Å²) in [5.74, 6) is 1.68. The molecule has 23 heavy (non-hydrogen) atoms. The molecule has 4 aromatic rings. The molecule has 5 rings (SSSR count). The van der Waals surface area contributed by atoms with Gasteiger partial charge in [0.15, 0.2) is 11.5 Å². The molecule has 0 spiro atoms. The van der Waals surface area contributed by atoms with Crippen molar-refractivity contribution in [2.75, 3.05) is 26.4 Å². The van der Waals surface area contributed by atoms with Crippen LogP contribution >= 0.6 is 0 Å². The summed E-state index contributed by atoms with van der Waals surface area (Å²) in [7, 11) is 0. The first-order valence-corrected chi connectivity index (χ1v) is 7.96. The first-order valence-electron chi connectivity index (χ1n) is 7.96. The Morgan fingerprint density at radius 3 is 1.61 bits per heavy atom. The topological polar surface area (TPSA) is 27.7 Å². The van der Waals surface area contributed by atoms with Crippen LogP contribution in [0.2, 0.25) is 0 Å². The maximum absolute atomic E-state index is 6.07. The minimum atomic E-state index is 0.538. The number of benzene rings is 4. The normalized spacial score (nSPS) is 15.7. The van der Waals surface area contributed by atoms with Crippen molar-refractivity contribution >= 4 is 32.3 Å². The summed E-state index contributed by atoms with van der Waals surface area (Å²) in [6, 6.07) is 17.1. The molecule has 1 aliphatic heterocycles. The molecule has 3 nitrogen and oxygen atoms in total. The second kappa shape index (κ2) is 5.00. The van der Waals surface area contributed by atoms with E-state index in [9.17, 15) is 0 Å². The molecule has 1 heterocycles. The van der Waals surface area contributed by atoms with Crippen LogP contribution in [-0.2, 0) is 4.74 Å². The number of fused-ring (bicyclic) bond motifs is 3. The zero-order valence-electron chi connectivity index (χ0n) is 12.7. The highest BCUT2D eigenvalue weighted by molar-refractivity contribution is 6.26. The summed E-state index contributed by atoms with van der Waals surface area (Å²) in [4.78, 5) is 0. The van der Waals surface area contributed by atoms with Crippen molar-refractivity contribution < 1.29 is 14.2 Å². The lowest BCUT2D eigenvalue weighted by atomic mass is 9.93. The van der Waals surface area contributed by atoms with E-state index >= 15 is 0 Å². The van der Waals surface area contributed by atoms with Crippen molar-refractivity contribution in [3.05, 3.63) is 48.5 Å². The summed E-state index contributed by atoms with van der Waals surface area (Å²) < 4.78 is 17.7. The third-order valence-electron chi connectivity index (χ3n) is 4.53. The molecule has 1 aliphatic rings. The Morgan fingerprint density at radius 2 is 1.09 bits per heavy atom. The van der Waals surface area contributed by atoms with Crippen LogP contribution in [0.3, 0.4) is 0 Å². The predicted molar refractivity (Wildman–Crippen MR) is 92.0 cm³/mol. The number of hydrogen-bond acceptors (Lipinski definition) is 3. The number of rotatable bonds is 0. The molecule has 0 aliphatic carbocycles. The van der Waals surface area contributed by atoms with Gasteiger partial charge >= 0.3 is 0 Å². The van der Waals surface area contributed by atoms with Crippen LogP contribution in [0, 0.1) is 0 Å². The average molecular weight is 304 g/mol. The van der Waals surface area contributed by atoms with E-state index in [1.807, 2.05) is 0 Å². The van der Waals surface area contributed by atoms with Gasteiger partial charge in [-0.2, -0.15) is 0 Å². The predicted octanol–water partition coefficient (Wildman–Crippen LogP) is 4.37. The molecule has 0 saturated carbocycles. The fourth-order valence-electron chi connectivity index (χ4n) is 3.57. The van der Waals surface area contributed by atoms with Gasteiger partial charge in [0.05, 0.1) is 13.2 Å². The highest BCUT2D eigenvalue weighted by Gasteiger charge is 2.20. The lowest BCUT2D eigenvalue weighted by Crippen LogP contribution is -2.08. The van der Waals surface area contributed by atoms with E-state index in [-0.39, 0.29) is 0 Å². The maximum Gasteiger partial charge on any atom is 0.169 e. The van der Waals surface area contributed by atoms with Gasteiger partial charge in [0, 0.05) is 21.5 Å². The third kappa shape index (κ3) is 1.87. The highest BCUT2D eigenvalue weighted by atomic mass is 16.6. The lowest BCUT2D eigenvalue weighted by Gasteiger charge is -2.19. The quantitative estimate of drug-likeness (QED) is 0.451. The van der Waals surface area contributed by atoms with Crippen LogP contribution in [0.1, 0.15) is 0 Å². The molecule has 0 radical (unpaired) electrons. The molecule has 4 aromatic carbocycles. The Kier molecular flexibility index (Phi) is 2.82. The van der Waals surface area contributed by atoms with E-state index < -0.39 is 0 Å². The minimum Gasteiger partial charge on any atom is -0.487 e. The molecular weight excluding hydrogens is 288 g/mol. The molecule has 0 unspecified atom stereocenters. The number of ether oxygens (including phenoxy) is 3. The Balaban J connectivity index is 1.99. The van der Waals surface area contributed by atoms with Gasteiger partial charge in [-0.15, -0.1) is 0 Å². The Hall–Kier alpha value is -2.52. The summed E-state index contributed by atoms with van der Waals surface area (Å²) in [5.41, 5.74) is 0. The average Bonchev–Trinajstić information content (AvgIpc) is 2.72. The molecule has 0 amide bonds. The molecular formula is C20H16O3. The summed E-state index contributed by atoms with van der Waals surface area (Å²) >= 11 is 0. The van der Waals surface area contributed by atoms with Gasteiger partial charge in [-0.1, -0.05) is 48.5 Å². The third-order valence-corrected chi connectivity index (χ3v) is 4.53. The Bertz CT molecular complexity index is 925. The fourth-order valence-corrected chi connectivity index (χ4v) is 3.57. The zero-order chi connectivity index (χ0) is 15.2. The van der Waals surface area contributed by atoms with Crippen molar-refractivity contribution in [3.8, 4) is 11.5 Å². The zero-order valence-corrected chi connectivity index (χ0v) is 12.7. The van der Waals surface area contributed by atoms with Gasteiger partial charge in [-0.05, 0) is 10.8 Å². The van der Waals surface area contributed by atoms with Gasteiger partial charge in [0.25, 0.3) is 0 Å². The van der Waals surface area contributed by atoms with Gasteiger partial charge in [-0.25, -0.2) is 0 Å². The standard InChI is InChI=1S/C20H16O3/c1-3-13-7-8-14-4-2-6-16-18(14)17(13)15(5-1)19-20(16)23-12-10-21-9-11-22-19/h1-8H,9-12H2. The molecule has 0 aromatic heterocycles. The second-order valence-corrected chi connectivity index (χ2v) is 5.84. The van der Waals surface area contributed by atoms with E-state index in [0.717, 1.165) is 22.3 Å².